The SMILES string of the molecule is C[S@](=O)c1ccc(NCc2cc(Cl)cc3cccnc23)cc1. The van der Waals surface area contributed by atoms with E-state index in [0.717, 1.165) is 27.0 Å². The smallest absolute Gasteiger partial charge is 0.0752 e. The molecule has 2 aromatic carbocycles. The van der Waals surface area contributed by atoms with Gasteiger partial charge in [0.2, 0.25) is 0 Å². The molecule has 0 spiro atoms. The van der Waals surface area contributed by atoms with Crippen LogP contribution in [0.1, 0.15) is 5.56 Å². The fourth-order valence-corrected chi connectivity index (χ4v) is 3.09. The number of benzene rings is 2. The maximum Gasteiger partial charge on any atom is 0.0752 e. The standard InChI is InChI=1S/C17H15ClN2OS/c1-22(21)16-6-4-15(5-7-16)20-11-13-10-14(18)9-12-3-2-8-19-17(12)13/h2-10,20H,11H2,1H3/t22-/m0/s1. The molecule has 0 amide bonds. The minimum atomic E-state index is -0.954. The molecule has 0 fully saturated rings. The van der Waals surface area contributed by atoms with Crippen LogP contribution in [0.2, 0.25) is 5.02 Å². The predicted molar refractivity (Wildman–Crippen MR) is 92.9 cm³/mol. The van der Waals surface area contributed by atoms with Gasteiger partial charge in [-0.2, -0.15) is 0 Å². The van der Waals surface area contributed by atoms with Crippen molar-refractivity contribution in [2.45, 2.75) is 11.4 Å². The molecule has 22 heavy (non-hydrogen) atoms. The maximum atomic E-state index is 11.4. The third-order valence-corrected chi connectivity index (χ3v) is 4.57. The van der Waals surface area contributed by atoms with Crippen LogP contribution in [-0.4, -0.2) is 15.4 Å². The molecule has 1 aromatic heterocycles. The van der Waals surface area contributed by atoms with Crippen LogP contribution in [0.5, 0.6) is 0 Å². The van der Waals surface area contributed by atoms with Gasteiger partial charge >= 0.3 is 0 Å². The molecule has 5 heteroatoms. The molecule has 0 aliphatic heterocycles. The van der Waals surface area contributed by atoms with E-state index in [4.69, 9.17) is 11.6 Å². The molecule has 0 radical (unpaired) electrons. The van der Waals surface area contributed by atoms with Crippen LogP contribution >= 0.6 is 11.6 Å². The summed E-state index contributed by atoms with van der Waals surface area (Å²) in [7, 11) is -0.954. The van der Waals surface area contributed by atoms with Gasteiger partial charge in [-0.25, -0.2) is 0 Å². The van der Waals surface area contributed by atoms with Gasteiger partial charge in [0.15, 0.2) is 0 Å². The first-order chi connectivity index (χ1) is 10.6. The number of nitrogens with one attached hydrogen (secondary N) is 1. The van der Waals surface area contributed by atoms with Crippen LogP contribution in [0, 0.1) is 0 Å². The quantitative estimate of drug-likeness (QED) is 0.778. The van der Waals surface area contributed by atoms with Crippen LogP contribution in [0.15, 0.2) is 59.6 Å². The number of fused-ring (bicyclic) bond motifs is 1. The summed E-state index contributed by atoms with van der Waals surface area (Å²) in [6.07, 6.45) is 3.46. The summed E-state index contributed by atoms with van der Waals surface area (Å²) >= 11 is 6.17. The molecule has 3 nitrogen and oxygen atoms in total. The zero-order valence-electron chi connectivity index (χ0n) is 12.0. The Morgan fingerprint density at radius 2 is 1.95 bits per heavy atom. The van der Waals surface area contributed by atoms with Crippen LogP contribution in [0.25, 0.3) is 10.9 Å². The number of nitrogens with zero attached hydrogens (tertiary/aromatic N) is 1. The normalized spacial score (nSPS) is 12.3. The van der Waals surface area contributed by atoms with Crippen LogP contribution < -0.4 is 5.32 Å². The van der Waals surface area contributed by atoms with E-state index in [1.807, 2.05) is 48.5 Å². The van der Waals surface area contributed by atoms with Gasteiger partial charge in [0.1, 0.15) is 0 Å². The van der Waals surface area contributed by atoms with Gasteiger partial charge in [0.25, 0.3) is 0 Å². The lowest BCUT2D eigenvalue weighted by atomic mass is 10.1. The molecule has 0 aliphatic carbocycles. The molecule has 1 atom stereocenters. The second-order valence-corrected chi connectivity index (χ2v) is 6.79. The molecule has 0 aliphatic rings. The van der Waals surface area contributed by atoms with E-state index in [1.165, 1.54) is 0 Å². The van der Waals surface area contributed by atoms with Crippen molar-refractivity contribution in [2.75, 3.05) is 11.6 Å². The number of rotatable bonds is 4. The van der Waals surface area contributed by atoms with Crippen molar-refractivity contribution < 1.29 is 4.21 Å². The third-order valence-electron chi connectivity index (χ3n) is 3.42. The van der Waals surface area contributed by atoms with E-state index in [2.05, 4.69) is 10.3 Å². The Hall–Kier alpha value is -1.91. The molecule has 0 saturated heterocycles. The van der Waals surface area contributed by atoms with Gasteiger partial charge in [-0.3, -0.25) is 9.19 Å². The minimum Gasteiger partial charge on any atom is -0.381 e. The first-order valence-electron chi connectivity index (χ1n) is 6.84. The summed E-state index contributed by atoms with van der Waals surface area (Å²) < 4.78 is 11.4. The zero-order chi connectivity index (χ0) is 15.5. The van der Waals surface area contributed by atoms with E-state index in [-0.39, 0.29) is 0 Å². The molecule has 1 heterocycles. The van der Waals surface area contributed by atoms with E-state index in [1.54, 1.807) is 12.5 Å². The van der Waals surface area contributed by atoms with Crippen LogP contribution in [0.4, 0.5) is 5.69 Å². The molecule has 0 bridgehead atoms. The van der Waals surface area contributed by atoms with Crippen LogP contribution in [0.3, 0.4) is 0 Å². The first kappa shape index (κ1) is 15.0. The summed E-state index contributed by atoms with van der Waals surface area (Å²) in [5, 5.41) is 5.08. The second-order valence-electron chi connectivity index (χ2n) is 4.97. The number of aromatic nitrogens is 1. The molecule has 0 unspecified atom stereocenters. The lowest BCUT2D eigenvalue weighted by molar-refractivity contribution is 0.687. The fourth-order valence-electron chi connectivity index (χ4n) is 2.32. The van der Waals surface area contributed by atoms with E-state index >= 15 is 0 Å². The van der Waals surface area contributed by atoms with Gasteiger partial charge in [-0.1, -0.05) is 17.7 Å². The van der Waals surface area contributed by atoms with Gasteiger partial charge in [0.05, 0.1) is 5.52 Å². The Morgan fingerprint density at radius 3 is 2.68 bits per heavy atom. The molecule has 112 valence electrons. The molecule has 3 rings (SSSR count). The van der Waals surface area contributed by atoms with Crippen molar-refractivity contribution in [2.24, 2.45) is 0 Å². The number of anilines is 1. The van der Waals surface area contributed by atoms with E-state index < -0.39 is 10.8 Å². The zero-order valence-corrected chi connectivity index (χ0v) is 13.6. The lowest BCUT2D eigenvalue weighted by Gasteiger charge is -2.10. The molecule has 3 aromatic rings. The Bertz CT molecular complexity index is 834. The maximum absolute atomic E-state index is 11.4. The minimum absolute atomic E-state index is 0.628. The highest BCUT2D eigenvalue weighted by Crippen LogP contribution is 2.23. The van der Waals surface area contributed by atoms with Gasteiger partial charge < -0.3 is 5.32 Å². The van der Waals surface area contributed by atoms with Crippen LogP contribution in [-0.2, 0) is 17.3 Å². The van der Waals surface area contributed by atoms with Crippen molar-refractivity contribution in [3.05, 3.63) is 65.3 Å². The van der Waals surface area contributed by atoms with Crippen molar-refractivity contribution in [3.8, 4) is 0 Å². The highest BCUT2D eigenvalue weighted by atomic mass is 35.5. The van der Waals surface area contributed by atoms with E-state index in [9.17, 15) is 4.21 Å². The summed E-state index contributed by atoms with van der Waals surface area (Å²) in [5.74, 6) is 0. The van der Waals surface area contributed by atoms with Crippen molar-refractivity contribution in [3.63, 3.8) is 0 Å². The predicted octanol–water partition coefficient (Wildman–Crippen LogP) is 4.24. The van der Waals surface area contributed by atoms with E-state index in [0.29, 0.717) is 11.6 Å². The first-order valence-corrected chi connectivity index (χ1v) is 8.77. The number of pyridine rings is 1. The van der Waals surface area contributed by atoms with Gasteiger partial charge in [0, 0.05) is 50.8 Å². The number of hydrogen-bond acceptors (Lipinski definition) is 3. The lowest BCUT2D eigenvalue weighted by Crippen LogP contribution is -2.01. The monoisotopic (exact) mass is 330 g/mol. The van der Waals surface area contributed by atoms with Crippen molar-refractivity contribution >= 4 is 39.0 Å². The topological polar surface area (TPSA) is 42.0 Å². The average molecular weight is 331 g/mol. The number of halogens is 1. The van der Waals surface area contributed by atoms with Crippen molar-refractivity contribution in [1.29, 1.82) is 0 Å². The number of hydrogen-bond donors (Lipinski definition) is 1. The molecule has 0 saturated carbocycles. The van der Waals surface area contributed by atoms with Gasteiger partial charge in [-0.15, -0.1) is 0 Å². The largest absolute Gasteiger partial charge is 0.381 e. The Balaban J connectivity index is 1.83. The highest BCUT2D eigenvalue weighted by molar-refractivity contribution is 7.84. The van der Waals surface area contributed by atoms with Gasteiger partial charge in [-0.05, 0) is 48.0 Å². The second kappa shape index (κ2) is 6.46. The fraction of sp³-hybridized carbons (Fsp3) is 0.118. The Kier molecular flexibility index (Phi) is 4.41. The molecular weight excluding hydrogens is 316 g/mol. The molecule has 1 N–H and O–H groups in total. The summed E-state index contributed by atoms with van der Waals surface area (Å²) in [4.78, 5) is 5.25. The average Bonchev–Trinajstić information content (AvgIpc) is 2.52. The molecular formula is C17H15ClN2OS. The highest BCUT2D eigenvalue weighted by Gasteiger charge is 2.05. The summed E-state index contributed by atoms with van der Waals surface area (Å²) in [5.41, 5.74) is 2.97. The Morgan fingerprint density at radius 1 is 1.18 bits per heavy atom. The summed E-state index contributed by atoms with van der Waals surface area (Å²) in [6.45, 7) is 0.628. The summed E-state index contributed by atoms with van der Waals surface area (Å²) in [6, 6.07) is 15.3. The third kappa shape index (κ3) is 3.29. The Labute approximate surface area is 136 Å². The van der Waals surface area contributed by atoms with Crippen molar-refractivity contribution in [1.82, 2.24) is 4.98 Å².